The molecule has 1 aromatic carbocycles. The summed E-state index contributed by atoms with van der Waals surface area (Å²) in [5, 5.41) is 8.41. The fraction of sp³-hybridized carbons (Fsp3) is 0.276. The number of hydrogen-bond acceptors (Lipinski definition) is 8. The molecule has 3 heterocycles. The number of hydrogen-bond donors (Lipinski definition) is 2. The van der Waals surface area contributed by atoms with E-state index >= 15 is 0 Å². The Morgan fingerprint density at radius 3 is 2.50 bits per heavy atom. The normalized spacial score (nSPS) is 12.4. The average molecular weight is 530 g/mol. The maximum absolute atomic E-state index is 12.6. The van der Waals surface area contributed by atoms with E-state index in [0.717, 1.165) is 26.9 Å². The van der Waals surface area contributed by atoms with Crippen molar-refractivity contribution in [2.75, 3.05) is 11.9 Å². The number of ether oxygens (including phenoxy) is 1. The molecule has 0 aliphatic rings. The molecule has 0 aliphatic carbocycles. The van der Waals surface area contributed by atoms with Gasteiger partial charge in [-0.2, -0.15) is 0 Å². The number of benzene rings is 1. The fourth-order valence-electron chi connectivity index (χ4n) is 3.78. The van der Waals surface area contributed by atoms with Crippen molar-refractivity contribution in [2.24, 2.45) is 0 Å². The quantitative estimate of drug-likeness (QED) is 0.260. The molecule has 2 N–H and O–H groups in total. The number of thiophene rings is 1. The number of ketones is 1. The third-order valence-electron chi connectivity index (χ3n) is 5.44. The van der Waals surface area contributed by atoms with E-state index in [-0.39, 0.29) is 11.8 Å². The van der Waals surface area contributed by atoms with Crippen LogP contribution in [0, 0.1) is 0 Å². The summed E-state index contributed by atoms with van der Waals surface area (Å²) in [6, 6.07) is 13.4. The van der Waals surface area contributed by atoms with Crippen molar-refractivity contribution < 1.29 is 14.3 Å². The Labute approximate surface area is 226 Å². The van der Waals surface area contributed by atoms with Crippen LogP contribution in [0.4, 0.5) is 10.6 Å². The van der Waals surface area contributed by atoms with Gasteiger partial charge in [-0.15, -0.1) is 11.3 Å². The molecular weight excluding hydrogens is 498 g/mol. The van der Waals surface area contributed by atoms with Gasteiger partial charge in [0.05, 0.1) is 16.3 Å². The highest BCUT2D eigenvalue weighted by Crippen LogP contribution is 2.33. The second-order valence-corrected chi connectivity index (χ2v) is 10.7. The maximum atomic E-state index is 12.6. The van der Waals surface area contributed by atoms with Gasteiger partial charge in [0.1, 0.15) is 11.4 Å². The number of carbonyl (C=O) groups excluding carboxylic acids is 2. The fourth-order valence-corrected chi connectivity index (χ4v) is 4.72. The topological polar surface area (TPSA) is 106 Å². The Balaban J connectivity index is 1.66. The van der Waals surface area contributed by atoms with Crippen LogP contribution in [0.2, 0.25) is 0 Å². The van der Waals surface area contributed by atoms with Gasteiger partial charge in [-0.1, -0.05) is 30.3 Å². The molecule has 1 unspecified atom stereocenters. The standard InChI is InChI=1S/C29H31N5O3S/c1-19(35)10-11-22-18-38-25-24(22)33-26(21-12-14-30-15-13-21)34-27(25)31-17-23(16-20-8-6-5-7-9-20)32-28(36)37-29(2,3)4/h5-15,18,23H,16-17H2,1-4H3,(H,32,36)(H,31,33,34). The molecule has 0 spiro atoms. The lowest BCUT2D eigenvalue weighted by Gasteiger charge is -2.24. The zero-order chi connectivity index (χ0) is 27.1. The van der Waals surface area contributed by atoms with Crippen molar-refractivity contribution in [1.29, 1.82) is 0 Å². The van der Waals surface area contributed by atoms with E-state index in [1.165, 1.54) is 24.3 Å². The van der Waals surface area contributed by atoms with Crippen molar-refractivity contribution in [3.63, 3.8) is 0 Å². The predicted molar refractivity (Wildman–Crippen MR) is 152 cm³/mol. The minimum Gasteiger partial charge on any atom is -0.444 e. The zero-order valence-corrected chi connectivity index (χ0v) is 22.7. The summed E-state index contributed by atoms with van der Waals surface area (Å²) in [6.07, 6.45) is 6.83. The first-order valence-corrected chi connectivity index (χ1v) is 13.2. The second-order valence-electron chi connectivity index (χ2n) is 9.86. The van der Waals surface area contributed by atoms with E-state index < -0.39 is 11.7 Å². The minimum atomic E-state index is -0.603. The van der Waals surface area contributed by atoms with Gasteiger partial charge in [-0.05, 0) is 64.0 Å². The number of allylic oxidation sites excluding steroid dienone is 1. The van der Waals surface area contributed by atoms with Crippen molar-refractivity contribution in [3.05, 3.63) is 77.4 Å². The van der Waals surface area contributed by atoms with Crippen LogP contribution in [-0.2, 0) is 16.0 Å². The smallest absolute Gasteiger partial charge is 0.407 e. The van der Waals surface area contributed by atoms with Crippen LogP contribution in [0.15, 0.2) is 66.3 Å². The number of carbonyl (C=O) groups is 2. The van der Waals surface area contributed by atoms with Crippen LogP contribution in [0.1, 0.15) is 38.8 Å². The summed E-state index contributed by atoms with van der Waals surface area (Å²) in [5.74, 6) is 1.15. The number of aromatic nitrogens is 3. The zero-order valence-electron chi connectivity index (χ0n) is 21.9. The monoisotopic (exact) mass is 529 g/mol. The number of anilines is 1. The molecule has 0 aliphatic heterocycles. The summed E-state index contributed by atoms with van der Waals surface area (Å²) in [7, 11) is 0. The van der Waals surface area contributed by atoms with Gasteiger partial charge in [0.25, 0.3) is 0 Å². The summed E-state index contributed by atoms with van der Waals surface area (Å²) < 4.78 is 6.37. The Hall–Kier alpha value is -4.11. The first-order valence-electron chi connectivity index (χ1n) is 12.3. The van der Waals surface area contributed by atoms with Crippen molar-refractivity contribution >= 4 is 45.3 Å². The lowest BCUT2D eigenvalue weighted by Crippen LogP contribution is -2.43. The lowest BCUT2D eigenvalue weighted by atomic mass is 10.1. The van der Waals surface area contributed by atoms with Crippen LogP contribution >= 0.6 is 11.3 Å². The van der Waals surface area contributed by atoms with Crippen LogP contribution in [0.25, 0.3) is 27.7 Å². The average Bonchev–Trinajstić information content (AvgIpc) is 3.29. The van der Waals surface area contributed by atoms with Crippen LogP contribution in [-0.4, -0.2) is 45.0 Å². The number of alkyl carbamates (subject to hydrolysis) is 1. The van der Waals surface area contributed by atoms with Gasteiger partial charge in [0.2, 0.25) is 0 Å². The van der Waals surface area contributed by atoms with Crippen LogP contribution in [0.5, 0.6) is 0 Å². The Kier molecular flexibility index (Phi) is 8.48. The molecule has 4 rings (SSSR count). The first-order chi connectivity index (χ1) is 18.2. The highest BCUT2D eigenvalue weighted by atomic mass is 32.1. The van der Waals surface area contributed by atoms with Gasteiger partial charge < -0.3 is 15.4 Å². The molecule has 0 saturated heterocycles. The van der Waals surface area contributed by atoms with E-state index in [9.17, 15) is 9.59 Å². The lowest BCUT2D eigenvalue weighted by molar-refractivity contribution is -0.112. The van der Waals surface area contributed by atoms with Gasteiger partial charge in [-0.25, -0.2) is 14.8 Å². The molecular formula is C29H31N5O3S. The summed E-state index contributed by atoms with van der Waals surface area (Å²) >= 11 is 1.50. The van der Waals surface area contributed by atoms with E-state index in [1.807, 2.05) is 68.6 Å². The minimum absolute atomic E-state index is 0.0388. The predicted octanol–water partition coefficient (Wildman–Crippen LogP) is 5.90. The van der Waals surface area contributed by atoms with Gasteiger partial charge in [0.15, 0.2) is 11.6 Å². The number of pyridine rings is 1. The largest absolute Gasteiger partial charge is 0.444 e. The second kappa shape index (κ2) is 12.0. The highest BCUT2D eigenvalue weighted by molar-refractivity contribution is 7.18. The number of rotatable bonds is 9. The highest BCUT2D eigenvalue weighted by Gasteiger charge is 2.21. The van der Waals surface area contributed by atoms with Gasteiger partial charge in [0, 0.05) is 35.4 Å². The summed E-state index contributed by atoms with van der Waals surface area (Å²) in [6.45, 7) is 7.44. The molecule has 196 valence electrons. The van der Waals surface area contributed by atoms with Crippen LogP contribution in [0.3, 0.4) is 0 Å². The third-order valence-corrected chi connectivity index (χ3v) is 6.43. The van der Waals surface area contributed by atoms with Gasteiger partial charge >= 0.3 is 6.09 Å². The molecule has 0 radical (unpaired) electrons. The SMILES string of the molecule is CC(=O)C=Cc1csc2c(NCC(Cc3ccccc3)NC(=O)OC(C)(C)C)nc(-c3ccncc3)nc12. The number of nitrogens with zero attached hydrogens (tertiary/aromatic N) is 3. The van der Waals surface area contributed by atoms with E-state index in [2.05, 4.69) is 15.6 Å². The summed E-state index contributed by atoms with van der Waals surface area (Å²) in [5.41, 5.74) is 2.90. The molecule has 0 saturated carbocycles. The number of amides is 1. The Morgan fingerprint density at radius 1 is 1.08 bits per heavy atom. The Morgan fingerprint density at radius 2 is 1.82 bits per heavy atom. The van der Waals surface area contributed by atoms with E-state index in [1.54, 1.807) is 18.5 Å². The molecule has 1 atom stereocenters. The van der Waals surface area contributed by atoms with Crippen molar-refractivity contribution in [3.8, 4) is 11.4 Å². The first kappa shape index (κ1) is 26.9. The Bertz CT molecular complexity index is 1430. The molecule has 8 nitrogen and oxygen atoms in total. The van der Waals surface area contributed by atoms with E-state index in [4.69, 9.17) is 14.7 Å². The number of fused-ring (bicyclic) bond motifs is 1. The molecule has 38 heavy (non-hydrogen) atoms. The number of nitrogens with one attached hydrogen (secondary N) is 2. The van der Waals surface area contributed by atoms with E-state index in [0.29, 0.717) is 24.6 Å². The molecule has 0 bridgehead atoms. The molecule has 1 amide bonds. The molecule has 9 heteroatoms. The van der Waals surface area contributed by atoms with Gasteiger partial charge in [-0.3, -0.25) is 9.78 Å². The van der Waals surface area contributed by atoms with Crippen molar-refractivity contribution in [2.45, 2.75) is 45.8 Å². The molecule has 3 aromatic heterocycles. The van der Waals surface area contributed by atoms with Crippen LogP contribution < -0.4 is 10.6 Å². The summed E-state index contributed by atoms with van der Waals surface area (Å²) in [4.78, 5) is 37.9. The maximum Gasteiger partial charge on any atom is 0.407 e. The third kappa shape index (κ3) is 7.45. The molecule has 0 fully saturated rings. The molecule has 4 aromatic rings. The van der Waals surface area contributed by atoms with Crippen molar-refractivity contribution in [1.82, 2.24) is 20.3 Å².